The first-order valence-electron chi connectivity index (χ1n) is 5.73. The summed E-state index contributed by atoms with van der Waals surface area (Å²) in [5.41, 5.74) is 1.20. The van der Waals surface area contributed by atoms with E-state index in [4.69, 9.17) is 0 Å². The minimum Gasteiger partial charge on any atom is -0.383 e. The average Bonchev–Trinajstić information content (AvgIpc) is 2.27. The topological polar surface area (TPSA) is 15.3 Å². The van der Waals surface area contributed by atoms with E-state index in [0.717, 1.165) is 13.1 Å². The Labute approximate surface area is 93.3 Å². The Morgan fingerprint density at radius 1 is 1.27 bits per heavy atom. The normalized spacial score (nSPS) is 12.8. The van der Waals surface area contributed by atoms with Crippen LogP contribution in [0, 0.1) is 0 Å². The number of nitrogens with one attached hydrogen (secondary N) is 1. The van der Waals surface area contributed by atoms with Crippen LogP contribution in [0.3, 0.4) is 0 Å². The van der Waals surface area contributed by atoms with Crippen molar-refractivity contribution in [2.24, 2.45) is 0 Å². The highest BCUT2D eigenvalue weighted by molar-refractivity contribution is 5.42. The molecule has 0 saturated carbocycles. The van der Waals surface area contributed by atoms with Crippen LogP contribution < -0.4 is 5.32 Å². The summed E-state index contributed by atoms with van der Waals surface area (Å²) in [6, 6.07) is 10.9. The van der Waals surface area contributed by atoms with Gasteiger partial charge in [-0.2, -0.15) is 0 Å². The van der Waals surface area contributed by atoms with Crippen molar-refractivity contribution >= 4 is 5.69 Å². The van der Waals surface area contributed by atoms with Crippen LogP contribution in [0.1, 0.15) is 20.3 Å². The zero-order valence-electron chi connectivity index (χ0n) is 10.0. The number of anilines is 1. The molecule has 15 heavy (non-hydrogen) atoms. The predicted molar refractivity (Wildman–Crippen MR) is 67.3 cm³/mol. The Morgan fingerprint density at radius 2 is 1.93 bits per heavy atom. The van der Waals surface area contributed by atoms with Gasteiger partial charge in [-0.25, -0.2) is 0 Å². The smallest absolute Gasteiger partial charge is 0.0340 e. The van der Waals surface area contributed by atoms with Crippen LogP contribution in [-0.2, 0) is 0 Å². The molecule has 0 radical (unpaired) electrons. The van der Waals surface area contributed by atoms with Crippen LogP contribution in [0.5, 0.6) is 0 Å². The van der Waals surface area contributed by atoms with Gasteiger partial charge >= 0.3 is 0 Å². The van der Waals surface area contributed by atoms with Crippen molar-refractivity contribution in [2.45, 2.75) is 26.3 Å². The summed E-state index contributed by atoms with van der Waals surface area (Å²) < 4.78 is 0. The molecule has 1 atom stereocenters. The minimum atomic E-state index is 0.574. The van der Waals surface area contributed by atoms with Gasteiger partial charge in [-0.3, -0.25) is 0 Å². The van der Waals surface area contributed by atoms with Gasteiger partial charge in [-0.05, 0) is 39.1 Å². The summed E-state index contributed by atoms with van der Waals surface area (Å²) in [6.07, 6.45) is 1.21. The zero-order valence-corrected chi connectivity index (χ0v) is 10.0. The van der Waals surface area contributed by atoms with Crippen LogP contribution in [0.25, 0.3) is 0 Å². The molecule has 0 bridgehead atoms. The first-order valence-corrected chi connectivity index (χ1v) is 5.73. The van der Waals surface area contributed by atoms with E-state index in [1.54, 1.807) is 0 Å². The van der Waals surface area contributed by atoms with E-state index in [0.29, 0.717) is 6.04 Å². The Bertz CT molecular complexity index is 258. The fourth-order valence-electron chi connectivity index (χ4n) is 1.55. The molecule has 0 amide bonds. The maximum Gasteiger partial charge on any atom is 0.0340 e. The molecule has 1 N–H and O–H groups in total. The molecule has 1 rings (SSSR count). The van der Waals surface area contributed by atoms with E-state index in [9.17, 15) is 0 Å². The van der Waals surface area contributed by atoms with Crippen molar-refractivity contribution in [3.8, 4) is 0 Å². The molecule has 0 fully saturated rings. The lowest BCUT2D eigenvalue weighted by molar-refractivity contribution is 0.268. The molecule has 2 heteroatoms. The highest BCUT2D eigenvalue weighted by Gasteiger charge is 2.06. The van der Waals surface area contributed by atoms with Crippen LogP contribution in [-0.4, -0.2) is 31.1 Å². The lowest BCUT2D eigenvalue weighted by Crippen LogP contribution is -2.35. The van der Waals surface area contributed by atoms with Crippen molar-refractivity contribution in [3.05, 3.63) is 30.3 Å². The first-order chi connectivity index (χ1) is 7.24. The Hall–Kier alpha value is -1.02. The number of hydrogen-bond donors (Lipinski definition) is 1. The van der Waals surface area contributed by atoms with Gasteiger partial charge in [-0.1, -0.05) is 25.1 Å². The largest absolute Gasteiger partial charge is 0.383 e. The first kappa shape index (κ1) is 12.1. The second-order valence-corrected chi connectivity index (χ2v) is 4.08. The van der Waals surface area contributed by atoms with E-state index in [2.05, 4.69) is 55.4 Å². The summed E-state index contributed by atoms with van der Waals surface area (Å²) in [6.45, 7) is 6.64. The average molecular weight is 206 g/mol. The van der Waals surface area contributed by atoms with Crippen molar-refractivity contribution in [3.63, 3.8) is 0 Å². The number of hydrogen-bond acceptors (Lipinski definition) is 2. The van der Waals surface area contributed by atoms with Gasteiger partial charge in [0, 0.05) is 18.3 Å². The zero-order chi connectivity index (χ0) is 11.1. The quantitative estimate of drug-likeness (QED) is 0.770. The number of rotatable bonds is 6. The molecule has 0 aliphatic heterocycles. The molecule has 0 aliphatic rings. The van der Waals surface area contributed by atoms with Crippen molar-refractivity contribution < 1.29 is 0 Å². The summed E-state index contributed by atoms with van der Waals surface area (Å²) >= 11 is 0. The van der Waals surface area contributed by atoms with Crippen molar-refractivity contribution in [2.75, 3.05) is 25.5 Å². The lowest BCUT2D eigenvalue weighted by atomic mass is 10.2. The summed E-state index contributed by atoms with van der Waals surface area (Å²) in [5.74, 6) is 0. The second-order valence-electron chi connectivity index (χ2n) is 4.08. The number of para-hydroxylation sites is 1. The van der Waals surface area contributed by atoms with Crippen LogP contribution in [0.2, 0.25) is 0 Å². The number of nitrogens with zero attached hydrogens (tertiary/aromatic N) is 1. The van der Waals surface area contributed by atoms with Gasteiger partial charge in [0.1, 0.15) is 0 Å². The van der Waals surface area contributed by atoms with E-state index in [1.165, 1.54) is 12.1 Å². The Kier molecular flexibility index (Phi) is 5.19. The molecule has 0 aliphatic carbocycles. The van der Waals surface area contributed by atoms with Crippen LogP contribution in [0.4, 0.5) is 5.69 Å². The fraction of sp³-hybridized carbons (Fsp3) is 0.538. The van der Waals surface area contributed by atoms with Crippen molar-refractivity contribution in [1.82, 2.24) is 4.90 Å². The standard InChI is InChI=1S/C13H22N2/c1-4-10-15(3)12(2)11-14-13-8-6-5-7-9-13/h5-9,12,14H,4,10-11H2,1-3H3. The summed E-state index contributed by atoms with van der Waals surface area (Å²) in [5, 5.41) is 3.44. The van der Waals surface area contributed by atoms with E-state index < -0.39 is 0 Å². The van der Waals surface area contributed by atoms with Crippen LogP contribution in [0.15, 0.2) is 30.3 Å². The minimum absolute atomic E-state index is 0.574. The summed E-state index contributed by atoms with van der Waals surface area (Å²) in [7, 11) is 2.18. The van der Waals surface area contributed by atoms with E-state index in [1.807, 2.05) is 6.07 Å². The summed E-state index contributed by atoms with van der Waals surface area (Å²) in [4.78, 5) is 2.38. The number of benzene rings is 1. The maximum atomic E-state index is 3.44. The number of likely N-dealkylation sites (N-methyl/N-ethyl adjacent to an activating group) is 1. The van der Waals surface area contributed by atoms with Gasteiger partial charge in [0.05, 0.1) is 0 Å². The molecule has 0 spiro atoms. The molecular formula is C13H22N2. The monoisotopic (exact) mass is 206 g/mol. The Balaban J connectivity index is 2.31. The maximum absolute atomic E-state index is 3.44. The fourth-order valence-corrected chi connectivity index (χ4v) is 1.55. The molecule has 84 valence electrons. The molecule has 0 aromatic heterocycles. The molecule has 1 unspecified atom stereocenters. The molecule has 1 aromatic rings. The molecular weight excluding hydrogens is 184 g/mol. The van der Waals surface area contributed by atoms with Gasteiger partial charge in [0.15, 0.2) is 0 Å². The third-order valence-corrected chi connectivity index (χ3v) is 2.70. The van der Waals surface area contributed by atoms with Crippen molar-refractivity contribution in [1.29, 1.82) is 0 Å². The predicted octanol–water partition coefficient (Wildman–Crippen LogP) is 2.83. The lowest BCUT2D eigenvalue weighted by Gasteiger charge is -2.24. The third-order valence-electron chi connectivity index (χ3n) is 2.70. The highest BCUT2D eigenvalue weighted by Crippen LogP contribution is 2.06. The van der Waals surface area contributed by atoms with Gasteiger partial charge in [-0.15, -0.1) is 0 Å². The SMILES string of the molecule is CCCN(C)C(C)CNc1ccccc1. The highest BCUT2D eigenvalue weighted by atomic mass is 15.1. The molecule has 0 saturated heterocycles. The van der Waals surface area contributed by atoms with Gasteiger partial charge in [0.25, 0.3) is 0 Å². The van der Waals surface area contributed by atoms with Gasteiger partial charge in [0.2, 0.25) is 0 Å². The molecule has 1 aromatic carbocycles. The van der Waals surface area contributed by atoms with E-state index >= 15 is 0 Å². The van der Waals surface area contributed by atoms with Gasteiger partial charge < -0.3 is 10.2 Å². The third kappa shape index (κ3) is 4.34. The van der Waals surface area contributed by atoms with Crippen LogP contribution >= 0.6 is 0 Å². The second kappa shape index (κ2) is 6.46. The van der Waals surface area contributed by atoms with E-state index in [-0.39, 0.29) is 0 Å². The molecule has 2 nitrogen and oxygen atoms in total. The molecule has 0 heterocycles. The Morgan fingerprint density at radius 3 is 2.53 bits per heavy atom.